The highest BCUT2D eigenvalue weighted by atomic mass is 16.5. The first-order chi connectivity index (χ1) is 17.0. The first kappa shape index (κ1) is 26.7. The normalized spacial score (nSPS) is 13.4. The number of unbranched alkanes of at least 4 members (excludes halogenated alkanes) is 1. The van der Waals surface area contributed by atoms with Gasteiger partial charge < -0.3 is 28.7 Å². The van der Waals surface area contributed by atoms with Gasteiger partial charge in [-0.2, -0.15) is 0 Å². The van der Waals surface area contributed by atoms with Crippen LogP contribution in [0.25, 0.3) is 0 Å². The molecular weight excluding hydrogens is 444 g/mol. The van der Waals surface area contributed by atoms with Crippen molar-refractivity contribution in [3.05, 3.63) is 47.0 Å². The van der Waals surface area contributed by atoms with E-state index in [0.29, 0.717) is 12.2 Å². The monoisotopic (exact) mass is 484 g/mol. The molecule has 35 heavy (non-hydrogen) atoms. The van der Waals surface area contributed by atoms with Crippen LogP contribution in [0.4, 0.5) is 0 Å². The molecule has 2 aromatic carbocycles. The lowest BCUT2D eigenvalue weighted by molar-refractivity contribution is -0.130. The van der Waals surface area contributed by atoms with Gasteiger partial charge in [0.25, 0.3) is 0 Å². The Balaban J connectivity index is 1.38. The van der Waals surface area contributed by atoms with Crippen LogP contribution in [-0.4, -0.2) is 77.4 Å². The van der Waals surface area contributed by atoms with Crippen molar-refractivity contribution in [1.82, 2.24) is 9.80 Å². The second-order valence-electron chi connectivity index (χ2n) is 9.09. The second kappa shape index (κ2) is 13.2. The molecule has 192 valence electrons. The second-order valence-corrected chi connectivity index (χ2v) is 9.09. The first-order valence-electron chi connectivity index (χ1n) is 12.4. The van der Waals surface area contributed by atoms with Crippen LogP contribution in [0.15, 0.2) is 30.3 Å². The fraction of sp³-hybridized carbons (Fsp3) is 0.536. The van der Waals surface area contributed by atoms with Crippen molar-refractivity contribution in [1.29, 1.82) is 0 Å². The number of ether oxygens (including phenoxy) is 4. The van der Waals surface area contributed by atoms with E-state index < -0.39 is 0 Å². The molecule has 0 saturated carbocycles. The number of fused-ring (bicyclic) bond motifs is 1. The number of carbonyl (C=O) groups excluding carboxylic acids is 1. The van der Waals surface area contributed by atoms with E-state index in [4.69, 9.17) is 18.9 Å². The molecule has 7 heteroatoms. The highest BCUT2D eigenvalue weighted by Crippen LogP contribution is 2.32. The number of nitrogens with zero attached hydrogens (tertiary/aromatic N) is 2. The first-order valence-corrected chi connectivity index (χ1v) is 12.4. The summed E-state index contributed by atoms with van der Waals surface area (Å²) >= 11 is 0. The van der Waals surface area contributed by atoms with Gasteiger partial charge in [-0.25, -0.2) is 0 Å². The van der Waals surface area contributed by atoms with E-state index in [9.17, 15) is 4.79 Å². The number of hydrogen-bond donors (Lipinski definition) is 0. The number of benzene rings is 2. The topological polar surface area (TPSA) is 60.5 Å². The van der Waals surface area contributed by atoms with Crippen molar-refractivity contribution in [3.8, 4) is 23.0 Å². The molecule has 3 rings (SSSR count). The molecule has 1 heterocycles. The SMILES string of the molecule is COc1ccc(CCCCN(C)CCCN2CCc3cc(OC)c(OC)cc3CC2=O)cc1OC. The van der Waals surface area contributed by atoms with Crippen LogP contribution in [0.2, 0.25) is 0 Å². The Labute approximate surface area is 209 Å². The van der Waals surface area contributed by atoms with E-state index in [1.54, 1.807) is 28.4 Å². The lowest BCUT2D eigenvalue weighted by Crippen LogP contribution is -2.35. The molecule has 0 fully saturated rings. The molecule has 0 atom stereocenters. The predicted octanol–water partition coefficient (Wildman–Crippen LogP) is 3.99. The van der Waals surface area contributed by atoms with Crippen molar-refractivity contribution in [3.63, 3.8) is 0 Å². The standard InChI is InChI=1S/C28H40N2O5/c1-29(13-7-6-9-21-10-11-24(32-2)25(17-21)33-3)14-8-15-30-16-12-22-18-26(34-4)27(35-5)19-23(22)20-28(30)31/h10-11,17-19H,6-9,12-16,20H2,1-5H3. The average Bonchev–Trinajstić information content (AvgIpc) is 3.03. The number of hydrogen-bond acceptors (Lipinski definition) is 6. The molecule has 0 spiro atoms. The van der Waals surface area contributed by atoms with E-state index in [0.717, 1.165) is 81.1 Å². The van der Waals surface area contributed by atoms with Crippen LogP contribution in [0.3, 0.4) is 0 Å². The molecule has 0 aliphatic carbocycles. The van der Waals surface area contributed by atoms with Gasteiger partial charge in [-0.15, -0.1) is 0 Å². The number of methoxy groups -OCH3 is 4. The van der Waals surface area contributed by atoms with E-state index in [1.165, 1.54) is 11.1 Å². The third-order valence-electron chi connectivity index (χ3n) is 6.72. The lowest BCUT2D eigenvalue weighted by atomic mass is 10.0. The van der Waals surface area contributed by atoms with Crippen LogP contribution in [0.5, 0.6) is 23.0 Å². The zero-order chi connectivity index (χ0) is 25.2. The van der Waals surface area contributed by atoms with Crippen LogP contribution in [0.1, 0.15) is 36.0 Å². The molecule has 0 saturated heterocycles. The summed E-state index contributed by atoms with van der Waals surface area (Å²) < 4.78 is 21.6. The number of amides is 1. The molecule has 1 amide bonds. The summed E-state index contributed by atoms with van der Waals surface area (Å²) in [5.41, 5.74) is 3.48. The summed E-state index contributed by atoms with van der Waals surface area (Å²) in [6.45, 7) is 3.56. The van der Waals surface area contributed by atoms with Crippen molar-refractivity contribution < 1.29 is 23.7 Å². The average molecular weight is 485 g/mol. The summed E-state index contributed by atoms with van der Waals surface area (Å²) in [6, 6.07) is 10.1. The third kappa shape index (κ3) is 7.28. The van der Waals surface area contributed by atoms with Crippen molar-refractivity contribution >= 4 is 5.91 Å². The zero-order valence-corrected chi connectivity index (χ0v) is 21.9. The largest absolute Gasteiger partial charge is 0.493 e. The number of carbonyl (C=O) groups is 1. The number of rotatable bonds is 13. The maximum absolute atomic E-state index is 12.9. The molecule has 0 N–H and O–H groups in total. The quantitative estimate of drug-likeness (QED) is 0.401. The van der Waals surface area contributed by atoms with Gasteiger partial charge in [0, 0.05) is 13.1 Å². The minimum Gasteiger partial charge on any atom is -0.493 e. The van der Waals surface area contributed by atoms with Crippen LogP contribution in [0, 0.1) is 0 Å². The molecule has 2 aromatic rings. The molecule has 0 radical (unpaired) electrons. The molecule has 0 bridgehead atoms. The summed E-state index contributed by atoms with van der Waals surface area (Å²) in [7, 11) is 8.76. The van der Waals surface area contributed by atoms with Gasteiger partial charge in [0.05, 0.1) is 34.9 Å². The maximum atomic E-state index is 12.9. The molecule has 1 aliphatic heterocycles. The predicted molar refractivity (Wildman–Crippen MR) is 138 cm³/mol. The Morgan fingerprint density at radius 1 is 0.800 bits per heavy atom. The molecule has 0 aromatic heterocycles. The van der Waals surface area contributed by atoms with Gasteiger partial charge in [0.2, 0.25) is 5.91 Å². The highest BCUT2D eigenvalue weighted by molar-refractivity contribution is 5.80. The van der Waals surface area contributed by atoms with Crippen molar-refractivity contribution in [2.45, 2.75) is 38.5 Å². The van der Waals surface area contributed by atoms with E-state index in [2.05, 4.69) is 24.1 Å². The Morgan fingerprint density at radius 3 is 2.11 bits per heavy atom. The van der Waals surface area contributed by atoms with E-state index >= 15 is 0 Å². The van der Waals surface area contributed by atoms with E-state index in [1.807, 2.05) is 23.1 Å². The third-order valence-corrected chi connectivity index (χ3v) is 6.72. The smallest absolute Gasteiger partial charge is 0.227 e. The molecule has 1 aliphatic rings. The molecular formula is C28H40N2O5. The van der Waals surface area contributed by atoms with Gasteiger partial charge in [-0.3, -0.25) is 4.79 Å². The Hall–Kier alpha value is -2.93. The van der Waals surface area contributed by atoms with Gasteiger partial charge in [0.15, 0.2) is 23.0 Å². The summed E-state index contributed by atoms with van der Waals surface area (Å²) in [6.07, 6.45) is 5.50. The summed E-state index contributed by atoms with van der Waals surface area (Å²) in [4.78, 5) is 17.2. The molecule has 7 nitrogen and oxygen atoms in total. The van der Waals surface area contributed by atoms with Gasteiger partial charge in [-0.05, 0) is 93.2 Å². The number of aryl methyl sites for hydroxylation is 1. The van der Waals surface area contributed by atoms with Crippen LogP contribution < -0.4 is 18.9 Å². The van der Waals surface area contributed by atoms with Crippen LogP contribution in [-0.2, 0) is 24.1 Å². The van der Waals surface area contributed by atoms with Gasteiger partial charge in [0.1, 0.15) is 0 Å². The van der Waals surface area contributed by atoms with Crippen molar-refractivity contribution in [2.24, 2.45) is 0 Å². The van der Waals surface area contributed by atoms with E-state index in [-0.39, 0.29) is 5.91 Å². The fourth-order valence-electron chi connectivity index (χ4n) is 4.64. The van der Waals surface area contributed by atoms with Crippen molar-refractivity contribution in [2.75, 3.05) is 61.7 Å². The van der Waals surface area contributed by atoms with Gasteiger partial charge >= 0.3 is 0 Å². The Morgan fingerprint density at radius 2 is 1.43 bits per heavy atom. The highest BCUT2D eigenvalue weighted by Gasteiger charge is 2.22. The fourth-order valence-corrected chi connectivity index (χ4v) is 4.64. The maximum Gasteiger partial charge on any atom is 0.227 e. The minimum absolute atomic E-state index is 0.188. The van der Waals surface area contributed by atoms with Gasteiger partial charge in [-0.1, -0.05) is 6.07 Å². The Kier molecular flexibility index (Phi) is 10.1. The molecule has 0 unspecified atom stereocenters. The Bertz CT molecular complexity index is 978. The zero-order valence-electron chi connectivity index (χ0n) is 21.9. The summed E-state index contributed by atoms with van der Waals surface area (Å²) in [5, 5.41) is 0. The van der Waals surface area contributed by atoms with Crippen LogP contribution >= 0.6 is 0 Å². The lowest BCUT2D eigenvalue weighted by Gasteiger charge is -2.22. The summed E-state index contributed by atoms with van der Waals surface area (Å²) in [5.74, 6) is 3.14. The minimum atomic E-state index is 0.188.